The van der Waals surface area contributed by atoms with Crippen LogP contribution in [0, 0.1) is 0 Å². The first-order valence-corrected chi connectivity index (χ1v) is 4.22. The van der Waals surface area contributed by atoms with Gasteiger partial charge in [-0.25, -0.2) is 9.78 Å². The Morgan fingerprint density at radius 1 is 1.57 bits per heavy atom. The molecule has 0 fully saturated rings. The Labute approximate surface area is 81.8 Å². The molecule has 0 atom stereocenters. The van der Waals surface area contributed by atoms with Crippen molar-refractivity contribution in [2.24, 2.45) is 0 Å². The third-order valence-electron chi connectivity index (χ3n) is 1.40. The second kappa shape index (κ2) is 5.06. The number of carbonyl (C=O) groups excluding carboxylic acids is 1. The molecule has 0 unspecified atom stereocenters. The quantitative estimate of drug-likeness (QED) is 0.714. The third kappa shape index (κ3) is 3.30. The van der Waals surface area contributed by atoms with Gasteiger partial charge in [-0.05, 0) is 13.0 Å². The first-order valence-electron chi connectivity index (χ1n) is 4.22. The number of nitrogen functional groups attached to an aromatic ring is 1. The Morgan fingerprint density at radius 2 is 2.36 bits per heavy atom. The fourth-order valence-corrected chi connectivity index (χ4v) is 0.813. The minimum atomic E-state index is -0.411. The van der Waals surface area contributed by atoms with Crippen LogP contribution in [0.1, 0.15) is 6.92 Å². The van der Waals surface area contributed by atoms with E-state index in [9.17, 15) is 4.79 Å². The predicted molar refractivity (Wildman–Crippen MR) is 50.8 cm³/mol. The molecular formula is C9H12N2O3. The Kier molecular flexibility index (Phi) is 3.72. The summed E-state index contributed by atoms with van der Waals surface area (Å²) in [5.41, 5.74) is 5.97. The van der Waals surface area contributed by atoms with Gasteiger partial charge in [-0.3, -0.25) is 0 Å². The smallest absolute Gasteiger partial charge is 0.344 e. The van der Waals surface area contributed by atoms with Crippen LogP contribution >= 0.6 is 0 Å². The van der Waals surface area contributed by atoms with Crippen molar-refractivity contribution in [3.8, 4) is 5.88 Å². The van der Waals surface area contributed by atoms with Gasteiger partial charge in [0.1, 0.15) is 0 Å². The van der Waals surface area contributed by atoms with Crippen molar-refractivity contribution in [2.75, 3.05) is 18.9 Å². The lowest BCUT2D eigenvalue weighted by molar-refractivity contribution is -0.145. The molecule has 2 N–H and O–H groups in total. The number of pyridine rings is 1. The van der Waals surface area contributed by atoms with Crippen molar-refractivity contribution in [3.63, 3.8) is 0 Å². The Bertz CT molecular complexity index is 297. The van der Waals surface area contributed by atoms with E-state index in [2.05, 4.69) is 9.72 Å². The molecule has 0 aromatic carbocycles. The van der Waals surface area contributed by atoms with Crippen molar-refractivity contribution in [1.29, 1.82) is 0 Å². The van der Waals surface area contributed by atoms with E-state index >= 15 is 0 Å². The van der Waals surface area contributed by atoms with Crippen LogP contribution in [-0.2, 0) is 9.53 Å². The summed E-state index contributed by atoms with van der Waals surface area (Å²) in [5, 5.41) is 0. The molecule has 1 heterocycles. The minimum Gasteiger partial charge on any atom is -0.466 e. The van der Waals surface area contributed by atoms with Gasteiger partial charge in [0.2, 0.25) is 5.88 Å². The van der Waals surface area contributed by atoms with Gasteiger partial charge >= 0.3 is 5.97 Å². The molecule has 0 spiro atoms. The van der Waals surface area contributed by atoms with Crippen molar-refractivity contribution in [2.45, 2.75) is 6.92 Å². The van der Waals surface area contributed by atoms with Gasteiger partial charge < -0.3 is 15.2 Å². The van der Waals surface area contributed by atoms with Crippen molar-refractivity contribution < 1.29 is 14.3 Å². The summed E-state index contributed by atoms with van der Waals surface area (Å²) < 4.78 is 9.71. The number of hydrogen-bond acceptors (Lipinski definition) is 5. The van der Waals surface area contributed by atoms with E-state index in [-0.39, 0.29) is 6.61 Å². The number of rotatable bonds is 4. The van der Waals surface area contributed by atoms with Gasteiger partial charge in [0.25, 0.3) is 0 Å². The Balaban J connectivity index is 2.38. The zero-order valence-corrected chi connectivity index (χ0v) is 7.90. The molecule has 0 aliphatic rings. The molecule has 0 radical (unpaired) electrons. The molecule has 0 aliphatic carbocycles. The molecule has 5 heteroatoms. The highest BCUT2D eigenvalue weighted by Gasteiger charge is 2.02. The molecule has 1 rings (SSSR count). The standard InChI is InChI=1S/C9H12N2O3/c1-2-13-9(12)6-14-8-4-3-7(10)5-11-8/h3-5H,2,6,10H2,1H3. The van der Waals surface area contributed by atoms with E-state index in [0.29, 0.717) is 18.2 Å². The van der Waals surface area contributed by atoms with Crippen molar-refractivity contribution >= 4 is 11.7 Å². The topological polar surface area (TPSA) is 74.4 Å². The van der Waals surface area contributed by atoms with Gasteiger partial charge in [0.05, 0.1) is 18.5 Å². The second-order valence-corrected chi connectivity index (χ2v) is 2.52. The summed E-state index contributed by atoms with van der Waals surface area (Å²) in [4.78, 5) is 14.7. The molecule has 5 nitrogen and oxygen atoms in total. The highest BCUT2D eigenvalue weighted by molar-refractivity contribution is 5.70. The normalized spacial score (nSPS) is 9.50. The number of nitrogens with zero attached hydrogens (tertiary/aromatic N) is 1. The molecule has 0 amide bonds. The summed E-state index contributed by atoms with van der Waals surface area (Å²) in [6, 6.07) is 3.24. The molecular weight excluding hydrogens is 184 g/mol. The first-order chi connectivity index (χ1) is 6.72. The van der Waals surface area contributed by atoms with Crippen LogP contribution in [0.25, 0.3) is 0 Å². The highest BCUT2D eigenvalue weighted by Crippen LogP contribution is 2.07. The molecule has 76 valence electrons. The molecule has 0 bridgehead atoms. The Hall–Kier alpha value is -1.78. The van der Waals surface area contributed by atoms with Gasteiger partial charge in [-0.2, -0.15) is 0 Å². The molecule has 1 aromatic rings. The van der Waals surface area contributed by atoms with Crippen LogP contribution in [0.15, 0.2) is 18.3 Å². The monoisotopic (exact) mass is 196 g/mol. The summed E-state index contributed by atoms with van der Waals surface area (Å²) in [5.74, 6) is -0.0571. The van der Waals surface area contributed by atoms with Crippen molar-refractivity contribution in [1.82, 2.24) is 4.98 Å². The van der Waals surface area contributed by atoms with Crippen molar-refractivity contribution in [3.05, 3.63) is 18.3 Å². The second-order valence-electron chi connectivity index (χ2n) is 2.52. The molecule has 0 aliphatic heterocycles. The number of nitrogens with two attached hydrogens (primary N) is 1. The van der Waals surface area contributed by atoms with Crippen LogP contribution in [-0.4, -0.2) is 24.2 Å². The van der Waals surface area contributed by atoms with Crippen LogP contribution < -0.4 is 10.5 Å². The van der Waals surface area contributed by atoms with Gasteiger partial charge in [-0.1, -0.05) is 0 Å². The van der Waals surface area contributed by atoms with Crippen LogP contribution in [0.5, 0.6) is 5.88 Å². The van der Waals surface area contributed by atoms with E-state index in [1.165, 1.54) is 6.20 Å². The van der Waals surface area contributed by atoms with E-state index < -0.39 is 5.97 Å². The summed E-state index contributed by atoms with van der Waals surface area (Å²) >= 11 is 0. The zero-order valence-electron chi connectivity index (χ0n) is 7.90. The number of hydrogen-bond donors (Lipinski definition) is 1. The van der Waals surface area contributed by atoms with E-state index in [1.54, 1.807) is 19.1 Å². The fourth-order valence-electron chi connectivity index (χ4n) is 0.813. The number of carbonyl (C=O) groups is 1. The number of aromatic nitrogens is 1. The third-order valence-corrected chi connectivity index (χ3v) is 1.40. The first kappa shape index (κ1) is 10.3. The van der Waals surface area contributed by atoms with E-state index in [0.717, 1.165) is 0 Å². The number of esters is 1. The summed E-state index contributed by atoms with van der Waals surface area (Å²) in [6.45, 7) is 1.95. The fraction of sp³-hybridized carbons (Fsp3) is 0.333. The molecule has 0 saturated carbocycles. The maximum atomic E-state index is 10.9. The summed E-state index contributed by atoms with van der Waals surface area (Å²) in [6.07, 6.45) is 1.46. The molecule has 1 aromatic heterocycles. The van der Waals surface area contributed by atoms with E-state index in [4.69, 9.17) is 10.5 Å². The lowest BCUT2D eigenvalue weighted by atomic mass is 10.4. The van der Waals surface area contributed by atoms with Crippen LogP contribution in [0.4, 0.5) is 5.69 Å². The molecule has 0 saturated heterocycles. The Morgan fingerprint density at radius 3 is 2.93 bits per heavy atom. The molecule has 14 heavy (non-hydrogen) atoms. The maximum absolute atomic E-state index is 10.9. The van der Waals surface area contributed by atoms with E-state index in [1.807, 2.05) is 0 Å². The number of ether oxygens (including phenoxy) is 2. The SMILES string of the molecule is CCOC(=O)COc1ccc(N)cn1. The number of anilines is 1. The highest BCUT2D eigenvalue weighted by atomic mass is 16.6. The lowest BCUT2D eigenvalue weighted by Crippen LogP contribution is -2.14. The van der Waals surface area contributed by atoms with Gasteiger partial charge in [0.15, 0.2) is 6.61 Å². The minimum absolute atomic E-state index is 0.134. The zero-order chi connectivity index (χ0) is 10.4. The van der Waals surface area contributed by atoms with Gasteiger partial charge in [-0.15, -0.1) is 0 Å². The lowest BCUT2D eigenvalue weighted by Gasteiger charge is -2.04. The average molecular weight is 196 g/mol. The predicted octanol–water partition coefficient (Wildman–Crippen LogP) is 0.606. The largest absolute Gasteiger partial charge is 0.466 e. The van der Waals surface area contributed by atoms with Crippen LogP contribution in [0.3, 0.4) is 0 Å². The summed E-state index contributed by atoms with van der Waals surface area (Å²) in [7, 11) is 0. The maximum Gasteiger partial charge on any atom is 0.344 e. The average Bonchev–Trinajstić information content (AvgIpc) is 2.17. The van der Waals surface area contributed by atoms with Gasteiger partial charge in [0, 0.05) is 6.07 Å². The van der Waals surface area contributed by atoms with Crippen LogP contribution in [0.2, 0.25) is 0 Å².